The van der Waals surface area contributed by atoms with Crippen LogP contribution in [-0.4, -0.2) is 31.9 Å². The van der Waals surface area contributed by atoms with Crippen LogP contribution >= 0.6 is 0 Å². The molecular weight excluding hydrogens is 294 g/mol. The molecule has 0 aliphatic carbocycles. The first kappa shape index (κ1) is 17.3. The van der Waals surface area contributed by atoms with Crippen LogP contribution < -0.4 is 9.46 Å². The van der Waals surface area contributed by atoms with E-state index >= 15 is 0 Å². The molecule has 0 aliphatic heterocycles. The van der Waals surface area contributed by atoms with E-state index in [9.17, 15) is 13.2 Å². The van der Waals surface area contributed by atoms with Crippen molar-refractivity contribution in [2.24, 2.45) is 5.41 Å². The molecule has 1 aromatic rings. The predicted molar refractivity (Wildman–Crippen MR) is 81.1 cm³/mol. The highest BCUT2D eigenvalue weighted by atomic mass is 32.2. The van der Waals surface area contributed by atoms with Crippen LogP contribution in [0.1, 0.15) is 27.2 Å². The zero-order chi connectivity index (χ0) is 16.1. The smallest absolute Gasteiger partial charge is 0.341 e. The highest BCUT2D eigenvalue weighted by Crippen LogP contribution is 2.22. The average Bonchev–Trinajstić information content (AvgIpc) is 2.33. The van der Waals surface area contributed by atoms with Gasteiger partial charge in [0.1, 0.15) is 5.75 Å². The number of anilines is 1. The summed E-state index contributed by atoms with van der Waals surface area (Å²) in [5.74, 6) is -0.768. The molecule has 1 rings (SSSR count). The summed E-state index contributed by atoms with van der Waals surface area (Å²) in [7, 11) is -3.44. The molecule has 0 heterocycles. The first-order valence-electron chi connectivity index (χ1n) is 6.53. The summed E-state index contributed by atoms with van der Waals surface area (Å²) in [5.41, 5.74) is 0.285. The molecule has 0 bridgehead atoms. The number of rotatable bonds is 7. The summed E-state index contributed by atoms with van der Waals surface area (Å²) in [5, 5.41) is 8.54. The van der Waals surface area contributed by atoms with E-state index in [0.717, 1.165) is 0 Å². The fraction of sp³-hybridized carbons (Fsp3) is 0.500. The molecule has 6 nitrogen and oxygen atoms in total. The van der Waals surface area contributed by atoms with Gasteiger partial charge >= 0.3 is 5.97 Å². The Balaban J connectivity index is 2.69. The summed E-state index contributed by atoms with van der Waals surface area (Å²) >= 11 is 0. The summed E-state index contributed by atoms with van der Waals surface area (Å²) in [6, 6.07) is 6.20. The zero-order valence-corrected chi connectivity index (χ0v) is 13.2. The average molecular weight is 315 g/mol. The van der Waals surface area contributed by atoms with Crippen molar-refractivity contribution in [3.05, 3.63) is 24.3 Å². The minimum absolute atomic E-state index is 0.0245. The molecule has 21 heavy (non-hydrogen) atoms. The van der Waals surface area contributed by atoms with Gasteiger partial charge in [0.2, 0.25) is 10.0 Å². The van der Waals surface area contributed by atoms with Gasteiger partial charge in [-0.25, -0.2) is 13.2 Å². The lowest BCUT2D eigenvalue weighted by atomic mass is 9.94. The molecule has 0 aliphatic rings. The van der Waals surface area contributed by atoms with Crippen LogP contribution in [0.25, 0.3) is 0 Å². The van der Waals surface area contributed by atoms with Gasteiger partial charge in [-0.05, 0) is 24.0 Å². The molecule has 0 fully saturated rings. The van der Waals surface area contributed by atoms with Crippen LogP contribution in [0, 0.1) is 5.41 Å². The molecular formula is C14H21NO5S. The van der Waals surface area contributed by atoms with Gasteiger partial charge in [-0.15, -0.1) is 0 Å². The Bertz CT molecular complexity index is 590. The molecule has 1 aromatic carbocycles. The first-order chi connectivity index (χ1) is 9.57. The van der Waals surface area contributed by atoms with Gasteiger partial charge in [-0.1, -0.05) is 26.8 Å². The third-order valence-electron chi connectivity index (χ3n) is 2.59. The molecule has 2 N–H and O–H groups in total. The van der Waals surface area contributed by atoms with E-state index < -0.39 is 22.6 Å². The van der Waals surface area contributed by atoms with Crippen LogP contribution in [0.15, 0.2) is 24.3 Å². The SMILES string of the molecule is CC(C)(C)CCS(=O)(=O)Nc1cccc(OCC(=O)O)c1. The number of nitrogens with one attached hydrogen (secondary N) is 1. The minimum atomic E-state index is -3.44. The van der Waals surface area contributed by atoms with Gasteiger partial charge in [0.05, 0.1) is 11.4 Å². The van der Waals surface area contributed by atoms with Crippen molar-refractivity contribution in [2.75, 3.05) is 17.1 Å². The van der Waals surface area contributed by atoms with Crippen LogP contribution in [0.3, 0.4) is 0 Å². The van der Waals surface area contributed by atoms with Crippen molar-refractivity contribution in [2.45, 2.75) is 27.2 Å². The van der Waals surface area contributed by atoms with E-state index in [2.05, 4.69) is 4.72 Å². The van der Waals surface area contributed by atoms with Gasteiger partial charge in [-0.2, -0.15) is 0 Å². The molecule has 0 saturated heterocycles. The maximum Gasteiger partial charge on any atom is 0.341 e. The second kappa shape index (κ2) is 6.80. The lowest BCUT2D eigenvalue weighted by molar-refractivity contribution is -0.139. The van der Waals surface area contributed by atoms with Crippen LogP contribution in [0.4, 0.5) is 5.69 Å². The maximum absolute atomic E-state index is 12.0. The van der Waals surface area contributed by atoms with Crippen molar-refractivity contribution in [1.29, 1.82) is 0 Å². The topological polar surface area (TPSA) is 92.7 Å². The van der Waals surface area contributed by atoms with Gasteiger partial charge < -0.3 is 9.84 Å². The summed E-state index contributed by atoms with van der Waals surface area (Å²) in [4.78, 5) is 10.4. The predicted octanol–water partition coefficient (Wildman–Crippen LogP) is 2.33. The van der Waals surface area contributed by atoms with E-state index in [4.69, 9.17) is 9.84 Å². The number of carbonyl (C=O) groups is 1. The second-order valence-corrected chi connectivity index (χ2v) is 7.78. The second-order valence-electron chi connectivity index (χ2n) is 5.94. The summed E-state index contributed by atoms with van der Waals surface area (Å²) in [6.45, 7) is 5.45. The third kappa shape index (κ3) is 7.55. The number of hydrogen-bond acceptors (Lipinski definition) is 4. The number of sulfonamides is 1. The normalized spacial score (nSPS) is 12.0. The monoisotopic (exact) mass is 315 g/mol. The minimum Gasteiger partial charge on any atom is -0.482 e. The van der Waals surface area contributed by atoms with Crippen molar-refractivity contribution in [1.82, 2.24) is 0 Å². The van der Waals surface area contributed by atoms with Crippen LogP contribution in [0.2, 0.25) is 0 Å². The summed E-state index contributed by atoms with van der Waals surface area (Å²) in [6.07, 6.45) is 0.539. The van der Waals surface area contributed by atoms with Gasteiger partial charge in [-0.3, -0.25) is 4.72 Å². The standard InChI is InChI=1S/C14H21NO5S/c1-14(2,3)7-8-21(18,19)15-11-5-4-6-12(9-11)20-10-13(16)17/h4-6,9,15H,7-8,10H2,1-3H3,(H,16,17). The fourth-order valence-corrected chi connectivity index (χ4v) is 2.93. The lowest BCUT2D eigenvalue weighted by Gasteiger charge is -2.18. The van der Waals surface area contributed by atoms with Gasteiger partial charge in [0, 0.05) is 6.07 Å². The number of ether oxygens (including phenoxy) is 1. The molecule has 0 atom stereocenters. The largest absolute Gasteiger partial charge is 0.482 e. The van der Waals surface area contributed by atoms with E-state index in [0.29, 0.717) is 17.9 Å². The Morgan fingerprint density at radius 1 is 1.33 bits per heavy atom. The number of carboxylic acids is 1. The molecule has 0 amide bonds. The molecule has 118 valence electrons. The summed E-state index contributed by atoms with van der Waals surface area (Å²) < 4.78 is 31.4. The van der Waals surface area contributed by atoms with Gasteiger partial charge in [0.15, 0.2) is 6.61 Å². The molecule has 0 unspecified atom stereocenters. The van der Waals surface area contributed by atoms with Gasteiger partial charge in [0.25, 0.3) is 0 Å². The Kier molecular flexibility index (Phi) is 5.60. The van der Waals surface area contributed by atoms with Crippen molar-refractivity contribution in [3.63, 3.8) is 0 Å². The highest BCUT2D eigenvalue weighted by molar-refractivity contribution is 7.92. The molecule has 0 spiro atoms. The Labute approximate surface area is 125 Å². The lowest BCUT2D eigenvalue weighted by Crippen LogP contribution is -2.21. The Hall–Kier alpha value is -1.76. The van der Waals surface area contributed by atoms with E-state index in [1.807, 2.05) is 20.8 Å². The van der Waals surface area contributed by atoms with E-state index in [1.54, 1.807) is 18.2 Å². The molecule has 7 heteroatoms. The van der Waals surface area contributed by atoms with Crippen molar-refractivity contribution < 1.29 is 23.1 Å². The number of hydrogen-bond donors (Lipinski definition) is 2. The Morgan fingerprint density at radius 3 is 2.57 bits per heavy atom. The molecule has 0 aromatic heterocycles. The zero-order valence-electron chi connectivity index (χ0n) is 12.4. The molecule has 0 radical (unpaired) electrons. The van der Waals surface area contributed by atoms with Crippen LogP contribution in [-0.2, 0) is 14.8 Å². The first-order valence-corrected chi connectivity index (χ1v) is 8.18. The number of aliphatic carboxylic acids is 1. The quantitative estimate of drug-likeness (QED) is 0.805. The highest BCUT2D eigenvalue weighted by Gasteiger charge is 2.17. The van der Waals surface area contributed by atoms with Crippen LogP contribution in [0.5, 0.6) is 5.75 Å². The third-order valence-corrected chi connectivity index (χ3v) is 3.88. The fourth-order valence-electron chi connectivity index (χ4n) is 1.47. The maximum atomic E-state index is 12.0. The Morgan fingerprint density at radius 2 is 2.00 bits per heavy atom. The molecule has 0 saturated carbocycles. The van der Waals surface area contributed by atoms with E-state index in [-0.39, 0.29) is 11.2 Å². The number of carboxylic acid groups (broad SMARTS) is 1. The van der Waals surface area contributed by atoms with E-state index in [1.165, 1.54) is 6.07 Å². The van der Waals surface area contributed by atoms with Crippen molar-refractivity contribution in [3.8, 4) is 5.75 Å². The number of benzene rings is 1. The van der Waals surface area contributed by atoms with Crippen molar-refractivity contribution >= 4 is 21.7 Å².